The van der Waals surface area contributed by atoms with Crippen molar-refractivity contribution < 1.29 is 9.59 Å². The molecule has 0 amide bonds. The molecule has 2 saturated heterocycles. The topological polar surface area (TPSA) is 37.4 Å². The number of hydrogen-bond acceptors (Lipinski definition) is 3. The van der Waals surface area contributed by atoms with Crippen molar-refractivity contribution in [2.45, 2.75) is 31.3 Å². The molecule has 0 aromatic heterocycles. The second-order valence-electron chi connectivity index (χ2n) is 4.22. The molecule has 2 aliphatic rings. The van der Waals surface area contributed by atoms with E-state index in [0.29, 0.717) is 12.5 Å². The predicted molar refractivity (Wildman–Crippen MR) is 52.9 cm³/mol. The molecule has 2 aliphatic heterocycles. The van der Waals surface area contributed by atoms with Crippen molar-refractivity contribution in [1.82, 2.24) is 4.90 Å². The zero-order valence-corrected chi connectivity index (χ0v) is 8.40. The van der Waals surface area contributed by atoms with E-state index in [2.05, 4.69) is 11.5 Å². The molecule has 0 saturated carbocycles. The third-order valence-corrected chi connectivity index (χ3v) is 3.57. The maximum atomic E-state index is 11.7. The lowest BCUT2D eigenvalue weighted by Gasteiger charge is -2.35. The molecule has 3 heteroatoms. The molecule has 0 radical (unpaired) electrons. The number of fused-ring (bicyclic) bond motifs is 2. The van der Waals surface area contributed by atoms with E-state index in [0.717, 1.165) is 12.8 Å². The lowest BCUT2D eigenvalue weighted by atomic mass is 9.86. The molecule has 2 fully saturated rings. The van der Waals surface area contributed by atoms with Crippen LogP contribution in [-0.4, -0.2) is 35.6 Å². The van der Waals surface area contributed by atoms with Gasteiger partial charge >= 0.3 is 0 Å². The Bertz CT molecular complexity index is 298. The van der Waals surface area contributed by atoms with Gasteiger partial charge in [0.25, 0.3) is 0 Å². The Morgan fingerprint density at radius 2 is 2.29 bits per heavy atom. The van der Waals surface area contributed by atoms with Gasteiger partial charge in [0.1, 0.15) is 5.78 Å². The molecule has 14 heavy (non-hydrogen) atoms. The van der Waals surface area contributed by atoms with Gasteiger partial charge in [-0.3, -0.25) is 14.5 Å². The Labute approximate surface area is 83.8 Å². The van der Waals surface area contributed by atoms with E-state index in [4.69, 9.17) is 0 Å². The van der Waals surface area contributed by atoms with Gasteiger partial charge < -0.3 is 0 Å². The average molecular weight is 193 g/mol. The Hall–Kier alpha value is -0.960. The standard InChI is InChI=1S/C11H15NO2/c1-3-9(13)11-8-5-4-7(12(8)2)6-10(11)14/h3,7-8,11H,1,4-6H2,2H3. The van der Waals surface area contributed by atoms with E-state index in [1.54, 1.807) is 0 Å². The van der Waals surface area contributed by atoms with Crippen molar-refractivity contribution in [2.75, 3.05) is 7.05 Å². The number of rotatable bonds is 2. The summed E-state index contributed by atoms with van der Waals surface area (Å²) in [6.45, 7) is 3.46. The molecule has 0 aliphatic carbocycles. The summed E-state index contributed by atoms with van der Waals surface area (Å²) in [5.41, 5.74) is 0. The van der Waals surface area contributed by atoms with Gasteiger partial charge in [-0.1, -0.05) is 6.58 Å². The highest BCUT2D eigenvalue weighted by atomic mass is 16.2. The maximum Gasteiger partial charge on any atom is 0.167 e. The minimum Gasteiger partial charge on any atom is -0.299 e. The first-order valence-electron chi connectivity index (χ1n) is 5.06. The minimum atomic E-state index is -0.434. The lowest BCUT2D eigenvalue weighted by Crippen LogP contribution is -2.49. The third kappa shape index (κ3) is 1.23. The van der Waals surface area contributed by atoms with Crippen molar-refractivity contribution in [2.24, 2.45) is 5.92 Å². The quantitative estimate of drug-likeness (QED) is 0.480. The molecule has 0 aromatic rings. The zero-order valence-electron chi connectivity index (χ0n) is 8.40. The predicted octanol–water partition coefficient (Wildman–Crippen LogP) is 0.793. The van der Waals surface area contributed by atoms with E-state index in [-0.39, 0.29) is 17.6 Å². The van der Waals surface area contributed by atoms with E-state index in [1.165, 1.54) is 6.08 Å². The Morgan fingerprint density at radius 1 is 1.57 bits per heavy atom. The summed E-state index contributed by atoms with van der Waals surface area (Å²) in [6, 6.07) is 0.508. The fourth-order valence-electron chi connectivity index (χ4n) is 2.74. The molecular weight excluding hydrogens is 178 g/mol. The molecule has 3 nitrogen and oxygen atoms in total. The molecule has 2 heterocycles. The largest absolute Gasteiger partial charge is 0.299 e. The number of allylic oxidation sites excluding steroid dienone is 1. The Kier molecular flexibility index (Phi) is 2.27. The van der Waals surface area contributed by atoms with Crippen molar-refractivity contribution in [3.05, 3.63) is 12.7 Å². The molecule has 2 bridgehead atoms. The summed E-state index contributed by atoms with van der Waals surface area (Å²) in [4.78, 5) is 25.4. The number of carbonyl (C=O) groups is 2. The van der Waals surface area contributed by atoms with Crippen LogP contribution < -0.4 is 0 Å². The first-order chi connectivity index (χ1) is 6.65. The van der Waals surface area contributed by atoms with Crippen LogP contribution in [-0.2, 0) is 9.59 Å². The Balaban J connectivity index is 2.27. The van der Waals surface area contributed by atoms with Crippen LogP contribution in [0.2, 0.25) is 0 Å². The van der Waals surface area contributed by atoms with Crippen LogP contribution in [0.15, 0.2) is 12.7 Å². The fourth-order valence-corrected chi connectivity index (χ4v) is 2.74. The van der Waals surface area contributed by atoms with Crippen LogP contribution in [0, 0.1) is 5.92 Å². The van der Waals surface area contributed by atoms with Crippen LogP contribution >= 0.6 is 0 Å². The number of hydrogen-bond donors (Lipinski definition) is 0. The molecular formula is C11H15NO2. The number of ketones is 2. The average Bonchev–Trinajstić information content (AvgIpc) is 2.42. The molecule has 0 aromatic carbocycles. The molecule has 3 atom stereocenters. The number of piperidine rings is 1. The third-order valence-electron chi connectivity index (χ3n) is 3.57. The Morgan fingerprint density at radius 3 is 2.93 bits per heavy atom. The lowest BCUT2D eigenvalue weighted by molar-refractivity contribution is -0.136. The second-order valence-corrected chi connectivity index (χ2v) is 4.22. The maximum absolute atomic E-state index is 11.7. The highest BCUT2D eigenvalue weighted by molar-refractivity contribution is 6.08. The van der Waals surface area contributed by atoms with Crippen molar-refractivity contribution in [3.63, 3.8) is 0 Å². The van der Waals surface area contributed by atoms with Gasteiger partial charge in [0.2, 0.25) is 0 Å². The van der Waals surface area contributed by atoms with E-state index >= 15 is 0 Å². The molecule has 76 valence electrons. The van der Waals surface area contributed by atoms with Gasteiger partial charge in [-0.2, -0.15) is 0 Å². The van der Waals surface area contributed by atoms with Gasteiger partial charge in [0.15, 0.2) is 5.78 Å². The highest BCUT2D eigenvalue weighted by Crippen LogP contribution is 2.36. The van der Waals surface area contributed by atoms with Gasteiger partial charge in [0.05, 0.1) is 5.92 Å². The van der Waals surface area contributed by atoms with Crippen molar-refractivity contribution in [3.8, 4) is 0 Å². The van der Waals surface area contributed by atoms with Crippen LogP contribution in [0.25, 0.3) is 0 Å². The summed E-state index contributed by atoms with van der Waals surface area (Å²) < 4.78 is 0. The van der Waals surface area contributed by atoms with Crippen LogP contribution in [0.5, 0.6) is 0 Å². The highest BCUT2D eigenvalue weighted by Gasteiger charge is 2.47. The van der Waals surface area contributed by atoms with Crippen molar-refractivity contribution in [1.29, 1.82) is 0 Å². The second kappa shape index (κ2) is 3.31. The zero-order chi connectivity index (χ0) is 10.3. The van der Waals surface area contributed by atoms with Crippen molar-refractivity contribution >= 4 is 11.6 Å². The van der Waals surface area contributed by atoms with Gasteiger partial charge in [-0.15, -0.1) is 0 Å². The number of Topliss-reactive ketones (excluding diaryl/α,β-unsaturated/α-hetero) is 1. The summed E-state index contributed by atoms with van der Waals surface area (Å²) in [6.07, 6.45) is 3.84. The smallest absolute Gasteiger partial charge is 0.167 e. The van der Waals surface area contributed by atoms with Gasteiger partial charge in [-0.25, -0.2) is 0 Å². The van der Waals surface area contributed by atoms with E-state index in [1.807, 2.05) is 7.05 Å². The SMILES string of the molecule is C=CC(=O)C1C(=O)CC2CCC1N2C. The number of carbonyl (C=O) groups excluding carboxylic acids is 2. The van der Waals surface area contributed by atoms with E-state index in [9.17, 15) is 9.59 Å². The fraction of sp³-hybridized carbons (Fsp3) is 0.636. The normalized spacial score (nSPS) is 37.2. The van der Waals surface area contributed by atoms with Crippen LogP contribution in [0.4, 0.5) is 0 Å². The van der Waals surface area contributed by atoms with Gasteiger partial charge in [0, 0.05) is 18.5 Å². The first-order valence-corrected chi connectivity index (χ1v) is 5.06. The summed E-state index contributed by atoms with van der Waals surface area (Å²) in [5.74, 6) is -0.427. The summed E-state index contributed by atoms with van der Waals surface area (Å²) in [5, 5.41) is 0. The summed E-state index contributed by atoms with van der Waals surface area (Å²) in [7, 11) is 2.01. The van der Waals surface area contributed by atoms with E-state index < -0.39 is 5.92 Å². The monoisotopic (exact) mass is 193 g/mol. The minimum absolute atomic E-state index is 0.104. The van der Waals surface area contributed by atoms with Crippen LogP contribution in [0.3, 0.4) is 0 Å². The molecule has 0 spiro atoms. The first kappa shape index (κ1) is 9.59. The van der Waals surface area contributed by atoms with Crippen LogP contribution in [0.1, 0.15) is 19.3 Å². The molecule has 2 rings (SSSR count). The van der Waals surface area contributed by atoms with Gasteiger partial charge in [-0.05, 0) is 26.0 Å². The summed E-state index contributed by atoms with van der Waals surface area (Å²) >= 11 is 0. The number of nitrogens with zero attached hydrogens (tertiary/aromatic N) is 1. The molecule has 3 unspecified atom stereocenters. The molecule has 0 N–H and O–H groups in total.